The highest BCUT2D eigenvalue weighted by molar-refractivity contribution is 7.06. The van der Waals surface area contributed by atoms with E-state index >= 15 is 0 Å². The van der Waals surface area contributed by atoms with Crippen molar-refractivity contribution in [2.75, 3.05) is 25.5 Å². The third kappa shape index (κ3) is 6.30. The van der Waals surface area contributed by atoms with Gasteiger partial charge in [-0.05, 0) is 63.1 Å². The molecule has 37 heavy (non-hydrogen) atoms. The van der Waals surface area contributed by atoms with Gasteiger partial charge in [-0.15, -0.1) is 0 Å². The molecule has 0 unspecified atom stereocenters. The van der Waals surface area contributed by atoms with Gasteiger partial charge in [-0.2, -0.15) is 17.5 Å². The van der Waals surface area contributed by atoms with Crippen LogP contribution in [-0.4, -0.2) is 39.5 Å². The van der Waals surface area contributed by atoms with Gasteiger partial charge in [0, 0.05) is 53.1 Å². The minimum absolute atomic E-state index is 0.236. The monoisotopic (exact) mass is 527 g/mol. The van der Waals surface area contributed by atoms with E-state index in [0.29, 0.717) is 29.4 Å². The van der Waals surface area contributed by atoms with Gasteiger partial charge in [-0.25, -0.2) is 9.97 Å². The first-order chi connectivity index (χ1) is 17.7. The van der Waals surface area contributed by atoms with Gasteiger partial charge in [0.2, 0.25) is 0 Å². The molecule has 194 valence electrons. The summed E-state index contributed by atoms with van der Waals surface area (Å²) < 4.78 is 44.2. The summed E-state index contributed by atoms with van der Waals surface area (Å²) in [7, 11) is 1.91. The minimum atomic E-state index is -4.55. The minimum Gasteiger partial charge on any atom is -0.340 e. The van der Waals surface area contributed by atoms with Gasteiger partial charge >= 0.3 is 6.18 Å². The molecule has 0 bridgehead atoms. The lowest BCUT2D eigenvalue weighted by atomic mass is 10.0. The highest BCUT2D eigenvalue weighted by Gasteiger charge is 2.32. The van der Waals surface area contributed by atoms with E-state index in [9.17, 15) is 13.2 Å². The standard InChI is InChI=1S/C26H28F3N7S/c1-15-23(22-16(2)36-37-17(22)3)34-25(19-7-5-6-18(12-19)14-31-11-10-30-4)35-24(15)33-20-8-9-32-21(13-20)26(27,28)29/h5-9,12-13,30-31H,10-11,14H2,1-4H3,(H,32,33,34,35). The van der Waals surface area contributed by atoms with Crippen LogP contribution in [0.2, 0.25) is 0 Å². The Morgan fingerprint density at radius 3 is 2.51 bits per heavy atom. The number of pyridine rings is 1. The molecule has 4 aromatic rings. The molecule has 3 heterocycles. The van der Waals surface area contributed by atoms with E-state index in [0.717, 1.165) is 52.6 Å². The van der Waals surface area contributed by atoms with Crippen molar-refractivity contribution in [3.63, 3.8) is 0 Å². The van der Waals surface area contributed by atoms with Crippen molar-refractivity contribution >= 4 is 23.0 Å². The van der Waals surface area contributed by atoms with E-state index in [4.69, 9.17) is 9.97 Å². The van der Waals surface area contributed by atoms with E-state index in [1.54, 1.807) is 0 Å². The van der Waals surface area contributed by atoms with Crippen LogP contribution in [0.1, 0.15) is 27.4 Å². The lowest BCUT2D eigenvalue weighted by Gasteiger charge is -2.16. The van der Waals surface area contributed by atoms with Gasteiger partial charge in [-0.1, -0.05) is 18.2 Å². The van der Waals surface area contributed by atoms with Crippen molar-refractivity contribution in [3.05, 3.63) is 70.0 Å². The summed E-state index contributed by atoms with van der Waals surface area (Å²) in [4.78, 5) is 14.1. The molecule has 3 N–H and O–H groups in total. The smallest absolute Gasteiger partial charge is 0.340 e. The summed E-state index contributed by atoms with van der Waals surface area (Å²) in [5, 5.41) is 9.55. The van der Waals surface area contributed by atoms with Crippen LogP contribution in [-0.2, 0) is 12.7 Å². The van der Waals surface area contributed by atoms with Crippen LogP contribution in [0.4, 0.5) is 24.7 Å². The molecule has 0 aliphatic carbocycles. The first-order valence-corrected chi connectivity index (χ1v) is 12.5. The zero-order chi connectivity index (χ0) is 26.6. The average Bonchev–Trinajstić information content (AvgIpc) is 3.20. The van der Waals surface area contributed by atoms with Crippen LogP contribution in [0.25, 0.3) is 22.6 Å². The first kappa shape index (κ1) is 26.6. The maximum Gasteiger partial charge on any atom is 0.433 e. The van der Waals surface area contributed by atoms with Crippen molar-refractivity contribution in [1.82, 2.24) is 30.0 Å². The Bertz CT molecular complexity index is 1370. The van der Waals surface area contributed by atoms with Crippen molar-refractivity contribution in [1.29, 1.82) is 0 Å². The number of alkyl halides is 3. The van der Waals surface area contributed by atoms with Crippen LogP contribution in [0, 0.1) is 20.8 Å². The number of anilines is 2. The second kappa shape index (κ2) is 11.3. The topological polar surface area (TPSA) is 87.7 Å². The van der Waals surface area contributed by atoms with E-state index in [-0.39, 0.29) is 5.69 Å². The van der Waals surface area contributed by atoms with Gasteiger partial charge in [0.05, 0.1) is 11.4 Å². The van der Waals surface area contributed by atoms with Crippen LogP contribution in [0.5, 0.6) is 0 Å². The van der Waals surface area contributed by atoms with Crippen LogP contribution >= 0.6 is 11.5 Å². The number of benzene rings is 1. The molecule has 0 atom stereocenters. The van der Waals surface area contributed by atoms with Crippen molar-refractivity contribution in [3.8, 4) is 22.6 Å². The third-order valence-corrected chi connectivity index (χ3v) is 6.64. The van der Waals surface area contributed by atoms with Gasteiger partial charge < -0.3 is 16.0 Å². The molecule has 7 nitrogen and oxygen atoms in total. The van der Waals surface area contributed by atoms with Crippen LogP contribution in [0.3, 0.4) is 0 Å². The summed E-state index contributed by atoms with van der Waals surface area (Å²) in [6, 6.07) is 10.4. The zero-order valence-corrected chi connectivity index (χ0v) is 21.8. The first-order valence-electron chi connectivity index (χ1n) is 11.7. The third-order valence-electron chi connectivity index (χ3n) is 5.80. The summed E-state index contributed by atoms with van der Waals surface area (Å²) in [6.07, 6.45) is -3.42. The maximum absolute atomic E-state index is 13.2. The number of halogens is 3. The SMILES string of the molecule is CNCCNCc1cccc(-c2nc(Nc3ccnc(C(F)(F)F)c3)c(C)c(-c3c(C)nsc3C)n2)c1. The summed E-state index contributed by atoms with van der Waals surface area (Å²) in [6.45, 7) is 8.12. The molecule has 0 aliphatic rings. The average molecular weight is 528 g/mol. The molecule has 11 heteroatoms. The summed E-state index contributed by atoms with van der Waals surface area (Å²) in [5.74, 6) is 0.886. The predicted molar refractivity (Wildman–Crippen MR) is 141 cm³/mol. The van der Waals surface area contributed by atoms with E-state index in [1.165, 1.54) is 17.6 Å². The molecule has 0 saturated carbocycles. The fourth-order valence-corrected chi connectivity index (χ4v) is 4.60. The quantitative estimate of drug-likeness (QED) is 0.242. The van der Waals surface area contributed by atoms with E-state index in [2.05, 4.69) is 25.3 Å². The number of hydrogen-bond donors (Lipinski definition) is 3. The second-order valence-corrected chi connectivity index (χ2v) is 9.58. The Labute approximate surface area is 217 Å². The zero-order valence-electron chi connectivity index (χ0n) is 21.0. The second-order valence-electron chi connectivity index (χ2n) is 8.60. The molecule has 4 rings (SSSR count). The Kier molecular flexibility index (Phi) is 8.16. The molecule has 0 fully saturated rings. The molecule has 0 aliphatic heterocycles. The number of hydrogen-bond acceptors (Lipinski definition) is 8. The number of nitrogens with zero attached hydrogens (tertiary/aromatic N) is 4. The molecule has 0 radical (unpaired) electrons. The van der Waals surface area contributed by atoms with Gasteiger partial charge in [0.25, 0.3) is 0 Å². The number of likely N-dealkylation sites (N-methyl/N-ethyl adjacent to an activating group) is 1. The molecule has 3 aromatic heterocycles. The Morgan fingerprint density at radius 2 is 1.81 bits per heavy atom. The number of rotatable bonds is 9. The van der Waals surface area contributed by atoms with Gasteiger partial charge in [0.1, 0.15) is 11.5 Å². The maximum atomic E-state index is 13.2. The highest BCUT2D eigenvalue weighted by atomic mass is 32.1. The molecule has 1 aromatic carbocycles. The highest BCUT2D eigenvalue weighted by Crippen LogP contribution is 2.36. The Balaban J connectivity index is 1.78. The van der Waals surface area contributed by atoms with Gasteiger partial charge in [-0.3, -0.25) is 4.98 Å². The lowest BCUT2D eigenvalue weighted by Crippen LogP contribution is -2.24. The fourth-order valence-electron chi connectivity index (χ4n) is 3.90. The normalized spacial score (nSPS) is 11.6. The van der Waals surface area contributed by atoms with Crippen molar-refractivity contribution in [2.24, 2.45) is 0 Å². The van der Waals surface area contributed by atoms with Crippen LogP contribution < -0.4 is 16.0 Å². The molecular formula is C26H28F3N7S. The number of nitrogens with one attached hydrogen (secondary N) is 3. The largest absolute Gasteiger partial charge is 0.433 e. The summed E-state index contributed by atoms with van der Waals surface area (Å²) in [5.41, 5.74) is 4.29. The van der Waals surface area contributed by atoms with E-state index < -0.39 is 11.9 Å². The van der Waals surface area contributed by atoms with Gasteiger partial charge in [0.15, 0.2) is 5.82 Å². The summed E-state index contributed by atoms with van der Waals surface area (Å²) >= 11 is 1.39. The predicted octanol–water partition coefficient (Wildman–Crippen LogP) is 5.66. The Morgan fingerprint density at radius 1 is 1.00 bits per heavy atom. The van der Waals surface area contributed by atoms with Crippen LogP contribution in [0.15, 0.2) is 42.6 Å². The molecular weight excluding hydrogens is 499 g/mol. The Hall–Kier alpha value is -3.41. The fraction of sp³-hybridized carbons (Fsp3) is 0.308. The number of aryl methyl sites for hydroxylation is 2. The molecule has 0 spiro atoms. The molecule has 0 amide bonds. The van der Waals surface area contributed by atoms with Crippen molar-refractivity contribution < 1.29 is 13.2 Å². The van der Waals surface area contributed by atoms with Crippen molar-refractivity contribution in [2.45, 2.75) is 33.5 Å². The lowest BCUT2D eigenvalue weighted by molar-refractivity contribution is -0.141. The van der Waals surface area contributed by atoms with E-state index in [1.807, 2.05) is 52.1 Å². The molecule has 0 saturated heterocycles. The number of aromatic nitrogens is 4.